The van der Waals surface area contributed by atoms with Gasteiger partial charge < -0.3 is 10.2 Å². The Labute approximate surface area is 188 Å². The average Bonchev–Trinajstić information content (AvgIpc) is 3.26. The summed E-state index contributed by atoms with van der Waals surface area (Å²) in [6.45, 7) is 5.08. The first-order valence-corrected chi connectivity index (χ1v) is 12.0. The summed E-state index contributed by atoms with van der Waals surface area (Å²) in [6, 6.07) is 21.1. The molecule has 5 rings (SSSR count). The molecule has 1 saturated heterocycles. The number of hydrogen-bond donors (Lipinski definition) is 1. The van der Waals surface area contributed by atoms with Gasteiger partial charge in [-0.05, 0) is 48.2 Å². The molecule has 1 amide bonds. The lowest BCUT2D eigenvalue weighted by Crippen LogP contribution is -2.47. The molecule has 0 radical (unpaired) electrons. The second-order valence-corrected chi connectivity index (χ2v) is 9.71. The number of piperazine rings is 1. The van der Waals surface area contributed by atoms with Gasteiger partial charge in [0.2, 0.25) is 0 Å². The van der Waals surface area contributed by atoms with E-state index in [1.165, 1.54) is 27.1 Å². The highest BCUT2D eigenvalue weighted by Crippen LogP contribution is 2.39. The van der Waals surface area contributed by atoms with Crippen molar-refractivity contribution in [2.45, 2.75) is 18.9 Å². The van der Waals surface area contributed by atoms with Crippen molar-refractivity contribution in [3.05, 3.63) is 82.2 Å². The fraction of sp³-hybridized carbons (Fsp3) is 0.346. The van der Waals surface area contributed by atoms with E-state index in [2.05, 4.69) is 76.8 Å². The van der Waals surface area contributed by atoms with Crippen LogP contribution in [0.3, 0.4) is 0 Å². The highest BCUT2D eigenvalue weighted by atomic mass is 32.1. The lowest BCUT2D eigenvalue weighted by Gasteiger charge is -2.35. The number of benzene rings is 2. The number of rotatable bonds is 5. The smallest absolute Gasteiger partial charge is 0.261 e. The standard InChI is InChI=1S/C26H29N3OS/c1-28-13-15-29(16-14-28)18-23(20-8-3-2-4-9-20)27-26(30)24-17-21-12-11-19-7-5-6-10-22(19)25(21)31-24/h2-10,17,23H,11-16,18H2,1H3,(H,27,30). The van der Waals surface area contributed by atoms with E-state index < -0.39 is 0 Å². The molecule has 0 spiro atoms. The highest BCUT2D eigenvalue weighted by Gasteiger charge is 2.25. The van der Waals surface area contributed by atoms with Crippen LogP contribution in [-0.4, -0.2) is 55.5 Å². The summed E-state index contributed by atoms with van der Waals surface area (Å²) in [5, 5.41) is 3.36. The minimum absolute atomic E-state index is 0.0106. The number of likely N-dealkylation sites (N-methyl/N-ethyl adjacent to an activating group) is 1. The molecule has 1 unspecified atom stereocenters. The van der Waals surface area contributed by atoms with Crippen LogP contribution in [0.4, 0.5) is 0 Å². The van der Waals surface area contributed by atoms with Crippen LogP contribution < -0.4 is 5.32 Å². The molecule has 4 nitrogen and oxygen atoms in total. The summed E-state index contributed by atoms with van der Waals surface area (Å²) >= 11 is 1.64. The number of fused-ring (bicyclic) bond motifs is 3. The summed E-state index contributed by atoms with van der Waals surface area (Å²) in [5.74, 6) is 0.0415. The van der Waals surface area contributed by atoms with Crippen molar-refractivity contribution in [2.24, 2.45) is 0 Å². The summed E-state index contributed by atoms with van der Waals surface area (Å²) in [7, 11) is 2.17. The maximum Gasteiger partial charge on any atom is 0.261 e. The maximum atomic E-state index is 13.3. The van der Waals surface area contributed by atoms with Crippen LogP contribution in [0.5, 0.6) is 0 Å². The Balaban J connectivity index is 1.36. The van der Waals surface area contributed by atoms with E-state index in [4.69, 9.17) is 0 Å². The monoisotopic (exact) mass is 431 g/mol. The number of nitrogens with one attached hydrogen (secondary N) is 1. The van der Waals surface area contributed by atoms with Crippen LogP contribution in [0.1, 0.15) is 32.4 Å². The quantitative estimate of drug-likeness (QED) is 0.657. The minimum atomic E-state index is -0.0106. The van der Waals surface area contributed by atoms with E-state index in [0.717, 1.165) is 50.4 Å². The Bertz CT molecular complexity index is 1050. The first-order chi connectivity index (χ1) is 15.2. The van der Waals surface area contributed by atoms with Crippen molar-refractivity contribution in [1.82, 2.24) is 15.1 Å². The molecule has 160 valence electrons. The normalized spacial score (nSPS) is 17.6. The van der Waals surface area contributed by atoms with Crippen molar-refractivity contribution in [3.8, 4) is 10.4 Å². The van der Waals surface area contributed by atoms with Crippen molar-refractivity contribution in [2.75, 3.05) is 39.8 Å². The topological polar surface area (TPSA) is 35.6 Å². The zero-order chi connectivity index (χ0) is 21.2. The molecule has 1 N–H and O–H groups in total. The van der Waals surface area contributed by atoms with Crippen LogP contribution >= 0.6 is 11.3 Å². The second kappa shape index (κ2) is 8.95. The molecule has 1 fully saturated rings. The van der Waals surface area contributed by atoms with Gasteiger partial charge in [-0.25, -0.2) is 0 Å². The Morgan fingerprint density at radius 1 is 0.968 bits per heavy atom. The van der Waals surface area contributed by atoms with Gasteiger partial charge in [0.15, 0.2) is 0 Å². The Morgan fingerprint density at radius 2 is 1.68 bits per heavy atom. The van der Waals surface area contributed by atoms with E-state index >= 15 is 0 Å². The third-order valence-electron chi connectivity index (χ3n) is 6.50. The van der Waals surface area contributed by atoms with E-state index in [0.29, 0.717) is 0 Å². The van der Waals surface area contributed by atoms with Crippen molar-refractivity contribution < 1.29 is 4.79 Å². The predicted molar refractivity (Wildman–Crippen MR) is 128 cm³/mol. The molecule has 1 aromatic heterocycles. The van der Waals surface area contributed by atoms with Gasteiger partial charge in [0, 0.05) is 37.6 Å². The van der Waals surface area contributed by atoms with Crippen LogP contribution in [-0.2, 0) is 12.8 Å². The molecular formula is C26H29N3OS. The SMILES string of the molecule is CN1CCN(CC(NC(=O)c2cc3c(s2)-c2ccccc2CC3)c2ccccc2)CC1. The molecule has 0 saturated carbocycles. The van der Waals surface area contributed by atoms with Gasteiger partial charge in [0.05, 0.1) is 10.9 Å². The Hall–Kier alpha value is -2.47. The van der Waals surface area contributed by atoms with Crippen molar-refractivity contribution >= 4 is 17.2 Å². The third kappa shape index (κ3) is 4.45. The average molecular weight is 432 g/mol. The molecule has 31 heavy (non-hydrogen) atoms. The zero-order valence-electron chi connectivity index (χ0n) is 18.0. The third-order valence-corrected chi connectivity index (χ3v) is 7.71. The van der Waals surface area contributed by atoms with Crippen LogP contribution in [0.25, 0.3) is 10.4 Å². The summed E-state index contributed by atoms with van der Waals surface area (Å²) in [5.41, 5.74) is 5.16. The Kier molecular flexibility index (Phi) is 5.90. The van der Waals surface area contributed by atoms with E-state index in [1.807, 2.05) is 6.07 Å². The fourth-order valence-corrected chi connectivity index (χ4v) is 5.80. The van der Waals surface area contributed by atoms with Gasteiger partial charge in [0.1, 0.15) is 0 Å². The second-order valence-electron chi connectivity index (χ2n) is 8.66. The maximum absolute atomic E-state index is 13.3. The number of carbonyl (C=O) groups excluding carboxylic acids is 1. The number of carbonyl (C=O) groups is 1. The van der Waals surface area contributed by atoms with Gasteiger partial charge >= 0.3 is 0 Å². The lowest BCUT2D eigenvalue weighted by atomic mass is 9.91. The summed E-state index contributed by atoms with van der Waals surface area (Å²) < 4.78 is 0. The van der Waals surface area contributed by atoms with E-state index in [1.54, 1.807) is 11.3 Å². The first-order valence-electron chi connectivity index (χ1n) is 11.1. The predicted octanol–water partition coefficient (Wildman–Crippen LogP) is 4.23. The Morgan fingerprint density at radius 3 is 2.48 bits per heavy atom. The van der Waals surface area contributed by atoms with Gasteiger partial charge in [-0.2, -0.15) is 0 Å². The number of hydrogen-bond acceptors (Lipinski definition) is 4. The number of thiophene rings is 1. The number of nitrogens with zero attached hydrogens (tertiary/aromatic N) is 2. The number of aryl methyl sites for hydroxylation is 2. The van der Waals surface area contributed by atoms with Gasteiger partial charge in [-0.15, -0.1) is 11.3 Å². The molecule has 5 heteroatoms. The van der Waals surface area contributed by atoms with Crippen LogP contribution in [0.15, 0.2) is 60.7 Å². The van der Waals surface area contributed by atoms with E-state index in [9.17, 15) is 4.79 Å². The molecule has 1 atom stereocenters. The molecule has 1 aliphatic heterocycles. The molecular weight excluding hydrogens is 402 g/mol. The van der Waals surface area contributed by atoms with Gasteiger partial charge in [0.25, 0.3) is 5.91 Å². The molecule has 3 aromatic rings. The molecule has 1 aliphatic carbocycles. The number of amides is 1. The largest absolute Gasteiger partial charge is 0.343 e. The lowest BCUT2D eigenvalue weighted by molar-refractivity contribution is 0.0911. The summed E-state index contributed by atoms with van der Waals surface area (Å²) in [4.78, 5) is 20.2. The van der Waals surface area contributed by atoms with Gasteiger partial charge in [-0.1, -0.05) is 54.6 Å². The fourth-order valence-electron chi connectivity index (χ4n) is 4.62. The summed E-state index contributed by atoms with van der Waals surface area (Å²) in [6.07, 6.45) is 2.07. The van der Waals surface area contributed by atoms with Crippen LogP contribution in [0, 0.1) is 0 Å². The van der Waals surface area contributed by atoms with E-state index in [-0.39, 0.29) is 11.9 Å². The van der Waals surface area contributed by atoms with Crippen LogP contribution in [0.2, 0.25) is 0 Å². The molecule has 0 bridgehead atoms. The van der Waals surface area contributed by atoms with Gasteiger partial charge in [-0.3, -0.25) is 9.69 Å². The molecule has 2 aliphatic rings. The first kappa shape index (κ1) is 20.4. The minimum Gasteiger partial charge on any atom is -0.343 e. The van der Waals surface area contributed by atoms with Crippen molar-refractivity contribution in [1.29, 1.82) is 0 Å². The highest BCUT2D eigenvalue weighted by molar-refractivity contribution is 7.17. The zero-order valence-corrected chi connectivity index (χ0v) is 18.8. The molecule has 2 heterocycles. The van der Waals surface area contributed by atoms with Crippen molar-refractivity contribution in [3.63, 3.8) is 0 Å². The molecule has 2 aromatic carbocycles.